The quantitative estimate of drug-likeness (QED) is 0.666. The van der Waals surface area contributed by atoms with Gasteiger partial charge in [0.05, 0.1) is 5.52 Å². The Morgan fingerprint density at radius 3 is 2.82 bits per heavy atom. The molecule has 0 saturated carbocycles. The summed E-state index contributed by atoms with van der Waals surface area (Å²) in [5.74, 6) is 0.814. The summed E-state index contributed by atoms with van der Waals surface area (Å²) in [5, 5.41) is 1.33. The van der Waals surface area contributed by atoms with Crippen LogP contribution in [0.15, 0.2) is 24.3 Å². The number of hydrogen-bond acceptors (Lipinski definition) is 1. The van der Waals surface area contributed by atoms with E-state index in [2.05, 4.69) is 38.1 Å². The third-order valence-corrected chi connectivity index (χ3v) is 3.79. The van der Waals surface area contributed by atoms with E-state index >= 15 is 0 Å². The van der Waals surface area contributed by atoms with Crippen LogP contribution in [-0.2, 0) is 12.8 Å². The average Bonchev–Trinajstić information content (AvgIpc) is 2.31. The Kier molecular flexibility index (Phi) is 3.39. The molecule has 0 radical (unpaired) electrons. The number of fused-ring (bicyclic) bond motifs is 2. The zero-order valence-electron chi connectivity index (χ0n) is 10.3. The van der Waals surface area contributed by atoms with Crippen molar-refractivity contribution < 1.29 is 12.4 Å². The Balaban J connectivity index is 0.00000108. The summed E-state index contributed by atoms with van der Waals surface area (Å²) in [6, 6.07) is 8.50. The van der Waals surface area contributed by atoms with E-state index in [9.17, 15) is 0 Å². The first-order valence-electron chi connectivity index (χ1n) is 6.13. The average molecular weight is 247 g/mol. The summed E-state index contributed by atoms with van der Waals surface area (Å²) in [6.45, 7) is 4.60. The normalized spacial score (nSPS) is 18.6. The first kappa shape index (κ1) is 12.4. The zero-order chi connectivity index (χ0) is 11.1. The number of nitrogens with zero attached hydrogens (tertiary/aromatic N) is 1. The van der Waals surface area contributed by atoms with Crippen molar-refractivity contribution in [2.75, 3.05) is 0 Å². The fraction of sp³-hybridized carbons (Fsp3) is 0.400. The minimum absolute atomic E-state index is 0. The topological polar surface area (TPSA) is 12.9 Å². The van der Waals surface area contributed by atoms with Gasteiger partial charge in [-0.1, -0.05) is 25.1 Å². The van der Waals surface area contributed by atoms with Crippen molar-refractivity contribution in [3.05, 3.63) is 41.1 Å². The van der Waals surface area contributed by atoms with Gasteiger partial charge in [-0.25, -0.2) is 0 Å². The Labute approximate surface area is 109 Å². The van der Waals surface area contributed by atoms with E-state index in [1.807, 2.05) is 0 Å². The molecule has 1 nitrogen and oxygen atoms in total. The molecule has 17 heavy (non-hydrogen) atoms. The van der Waals surface area contributed by atoms with Crippen LogP contribution in [0.3, 0.4) is 0 Å². The van der Waals surface area contributed by atoms with Crippen molar-refractivity contribution >= 4 is 10.9 Å². The molecule has 90 valence electrons. The third-order valence-electron chi connectivity index (χ3n) is 3.79. The van der Waals surface area contributed by atoms with Crippen molar-refractivity contribution in [2.45, 2.75) is 33.1 Å². The number of pyridine rings is 1. The highest BCUT2D eigenvalue weighted by molar-refractivity contribution is 5.83. The van der Waals surface area contributed by atoms with E-state index in [0.29, 0.717) is 0 Å². The molecule has 1 unspecified atom stereocenters. The van der Waals surface area contributed by atoms with E-state index in [0.717, 1.165) is 17.9 Å². The molecule has 1 aromatic heterocycles. The van der Waals surface area contributed by atoms with Crippen LogP contribution < -0.4 is 12.4 Å². The molecule has 2 heteroatoms. The Morgan fingerprint density at radius 2 is 2.00 bits per heavy atom. The summed E-state index contributed by atoms with van der Waals surface area (Å²) in [7, 11) is 0. The molecule has 1 aromatic carbocycles. The molecular formula is C15H17ClN-. The molecule has 3 rings (SSSR count). The van der Waals surface area contributed by atoms with Gasteiger partial charge in [0.1, 0.15) is 0 Å². The number of rotatable bonds is 0. The second-order valence-corrected chi connectivity index (χ2v) is 5.03. The highest BCUT2D eigenvalue weighted by Crippen LogP contribution is 2.30. The van der Waals surface area contributed by atoms with Gasteiger partial charge in [-0.05, 0) is 49.3 Å². The van der Waals surface area contributed by atoms with E-state index in [-0.39, 0.29) is 12.4 Å². The molecule has 1 aliphatic rings. The van der Waals surface area contributed by atoms with Crippen LogP contribution in [0.1, 0.15) is 30.2 Å². The predicted octanol–water partition coefficient (Wildman–Crippen LogP) is 0.672. The zero-order valence-corrected chi connectivity index (χ0v) is 11.1. The molecule has 1 atom stereocenters. The van der Waals surface area contributed by atoms with Crippen LogP contribution >= 0.6 is 0 Å². The lowest BCUT2D eigenvalue weighted by atomic mass is 9.84. The van der Waals surface area contributed by atoms with Crippen LogP contribution in [0.2, 0.25) is 0 Å². The number of benzene rings is 1. The van der Waals surface area contributed by atoms with E-state index < -0.39 is 0 Å². The second-order valence-electron chi connectivity index (χ2n) is 5.03. The van der Waals surface area contributed by atoms with E-state index in [1.165, 1.54) is 35.0 Å². The monoisotopic (exact) mass is 246 g/mol. The maximum absolute atomic E-state index is 4.81. The Morgan fingerprint density at radius 1 is 1.24 bits per heavy atom. The molecule has 0 amide bonds. The van der Waals surface area contributed by atoms with E-state index in [4.69, 9.17) is 4.98 Å². The van der Waals surface area contributed by atoms with Crippen molar-refractivity contribution in [1.29, 1.82) is 0 Å². The summed E-state index contributed by atoms with van der Waals surface area (Å²) < 4.78 is 0. The van der Waals surface area contributed by atoms with Crippen molar-refractivity contribution in [2.24, 2.45) is 5.92 Å². The highest BCUT2D eigenvalue weighted by Gasteiger charge is 2.19. The van der Waals surface area contributed by atoms with Gasteiger partial charge in [0.25, 0.3) is 0 Å². The summed E-state index contributed by atoms with van der Waals surface area (Å²) in [5.41, 5.74) is 5.47. The number of halogens is 1. The highest BCUT2D eigenvalue weighted by atomic mass is 35.5. The lowest BCUT2D eigenvalue weighted by Crippen LogP contribution is -3.00. The fourth-order valence-electron chi connectivity index (χ4n) is 2.79. The van der Waals surface area contributed by atoms with Crippen molar-refractivity contribution in [1.82, 2.24) is 4.98 Å². The van der Waals surface area contributed by atoms with Gasteiger partial charge in [-0.3, -0.25) is 4.98 Å². The van der Waals surface area contributed by atoms with Gasteiger partial charge in [-0.2, -0.15) is 0 Å². The lowest BCUT2D eigenvalue weighted by molar-refractivity contribution is -0.00000345. The largest absolute Gasteiger partial charge is 1.00 e. The lowest BCUT2D eigenvalue weighted by Gasteiger charge is -2.23. The van der Waals surface area contributed by atoms with Gasteiger partial charge in [0.15, 0.2) is 0 Å². The summed E-state index contributed by atoms with van der Waals surface area (Å²) in [4.78, 5) is 4.81. The summed E-state index contributed by atoms with van der Waals surface area (Å²) in [6.07, 6.45) is 3.65. The molecule has 1 aliphatic carbocycles. The number of aryl methyl sites for hydroxylation is 2. The smallest absolute Gasteiger partial charge is 0.0708 e. The minimum Gasteiger partial charge on any atom is -1.00 e. The predicted molar refractivity (Wildman–Crippen MR) is 67.7 cm³/mol. The van der Waals surface area contributed by atoms with Gasteiger partial charge < -0.3 is 12.4 Å². The van der Waals surface area contributed by atoms with Crippen LogP contribution in [0, 0.1) is 12.8 Å². The third kappa shape index (κ3) is 2.04. The minimum atomic E-state index is 0. The molecule has 2 aromatic rings. The van der Waals surface area contributed by atoms with Crippen molar-refractivity contribution in [3.63, 3.8) is 0 Å². The molecule has 0 saturated heterocycles. The maximum atomic E-state index is 4.81. The second kappa shape index (κ2) is 4.66. The Hall–Kier alpha value is -1.08. The summed E-state index contributed by atoms with van der Waals surface area (Å²) >= 11 is 0. The van der Waals surface area contributed by atoms with Gasteiger partial charge >= 0.3 is 0 Å². The van der Waals surface area contributed by atoms with Crippen LogP contribution in [0.5, 0.6) is 0 Å². The standard InChI is InChI=1S/C15H17N.ClH/c1-10-7-8-15-13(9-10)11(2)12-5-3-4-6-14(12)16-15;/h3-6,10H,7-9H2,1-2H3;1H/p-1. The van der Waals surface area contributed by atoms with Crippen molar-refractivity contribution in [3.8, 4) is 0 Å². The molecule has 0 fully saturated rings. The number of aromatic nitrogens is 1. The molecule has 0 aliphatic heterocycles. The first-order chi connectivity index (χ1) is 7.75. The van der Waals surface area contributed by atoms with Gasteiger partial charge in [0.2, 0.25) is 0 Å². The molecule has 0 bridgehead atoms. The molecule has 1 heterocycles. The van der Waals surface area contributed by atoms with Crippen LogP contribution in [0.4, 0.5) is 0 Å². The Bertz CT molecular complexity index is 548. The fourth-order valence-corrected chi connectivity index (χ4v) is 2.79. The van der Waals surface area contributed by atoms with Gasteiger partial charge in [-0.15, -0.1) is 0 Å². The maximum Gasteiger partial charge on any atom is 0.0708 e. The van der Waals surface area contributed by atoms with Crippen LogP contribution in [0.25, 0.3) is 10.9 Å². The molecule has 0 spiro atoms. The molecule has 0 N–H and O–H groups in total. The van der Waals surface area contributed by atoms with Crippen LogP contribution in [-0.4, -0.2) is 4.98 Å². The number of hydrogen-bond donors (Lipinski definition) is 0. The molecular weight excluding hydrogens is 230 g/mol. The van der Waals surface area contributed by atoms with E-state index in [1.54, 1.807) is 0 Å². The SMILES string of the molecule is Cc1c2c(nc3ccccc13)CCC(C)C2.[Cl-]. The van der Waals surface area contributed by atoms with Gasteiger partial charge in [0, 0.05) is 11.1 Å². The first-order valence-corrected chi connectivity index (χ1v) is 6.13. The number of para-hydroxylation sites is 1.